The molecule has 192 valence electrons. The summed E-state index contributed by atoms with van der Waals surface area (Å²) < 4.78 is 54.0. The maximum absolute atomic E-state index is 13.9. The fourth-order valence-electron chi connectivity index (χ4n) is 4.59. The van der Waals surface area contributed by atoms with Gasteiger partial charge in [0.2, 0.25) is 5.91 Å². The zero-order valence-electron chi connectivity index (χ0n) is 20.1. The number of rotatable bonds is 6. The summed E-state index contributed by atoms with van der Waals surface area (Å²) in [5.41, 5.74) is -0.265. The molecule has 10 heteroatoms. The molecule has 1 saturated heterocycles. The number of fused-ring (bicyclic) bond motifs is 1. The molecule has 36 heavy (non-hydrogen) atoms. The minimum atomic E-state index is -4.81. The van der Waals surface area contributed by atoms with E-state index in [1.165, 1.54) is 0 Å². The molecule has 1 aliphatic heterocycles. The molecule has 0 unspecified atom stereocenters. The predicted molar refractivity (Wildman–Crippen MR) is 131 cm³/mol. The van der Waals surface area contributed by atoms with Gasteiger partial charge in [-0.25, -0.2) is 4.39 Å². The van der Waals surface area contributed by atoms with Crippen molar-refractivity contribution >= 4 is 22.4 Å². The number of aryl methyl sites for hydroxylation is 1. The Morgan fingerprint density at radius 1 is 1.11 bits per heavy atom. The van der Waals surface area contributed by atoms with E-state index >= 15 is 0 Å². The molecule has 6 nitrogen and oxygen atoms in total. The molecule has 0 radical (unpaired) electrons. The van der Waals surface area contributed by atoms with Crippen LogP contribution in [0.25, 0.3) is 10.8 Å². The number of hydrogen-bond acceptors (Lipinski definition) is 4. The first-order valence-electron chi connectivity index (χ1n) is 11.8. The monoisotopic (exact) mass is 504 g/mol. The summed E-state index contributed by atoms with van der Waals surface area (Å²) in [5.74, 6) is -1.95. The van der Waals surface area contributed by atoms with E-state index in [0.717, 1.165) is 50.4 Å². The molecule has 1 aliphatic rings. The highest BCUT2D eigenvalue weighted by Gasteiger charge is 2.34. The number of pyridine rings is 1. The smallest absolute Gasteiger partial charge is 0.325 e. The third-order valence-electron chi connectivity index (χ3n) is 6.50. The van der Waals surface area contributed by atoms with Gasteiger partial charge in [-0.15, -0.1) is 0 Å². The van der Waals surface area contributed by atoms with Crippen molar-refractivity contribution < 1.29 is 22.4 Å². The van der Waals surface area contributed by atoms with E-state index in [-0.39, 0.29) is 23.6 Å². The van der Waals surface area contributed by atoms with E-state index < -0.39 is 23.5 Å². The van der Waals surface area contributed by atoms with Crippen molar-refractivity contribution in [3.63, 3.8) is 0 Å². The van der Waals surface area contributed by atoms with Gasteiger partial charge >= 0.3 is 6.18 Å². The van der Waals surface area contributed by atoms with E-state index in [2.05, 4.69) is 15.5 Å². The maximum atomic E-state index is 13.9. The lowest BCUT2D eigenvalue weighted by Crippen LogP contribution is -2.45. The molecule has 4 rings (SSSR count). The minimum Gasteiger partial charge on any atom is -0.325 e. The normalized spacial score (nSPS) is 15.7. The van der Waals surface area contributed by atoms with Crippen molar-refractivity contribution in [2.75, 3.05) is 38.0 Å². The summed E-state index contributed by atoms with van der Waals surface area (Å²) in [7, 11) is 0. The molecule has 2 aromatic carbocycles. The van der Waals surface area contributed by atoms with Crippen LogP contribution < -0.4 is 16.2 Å². The van der Waals surface area contributed by atoms with Gasteiger partial charge in [-0.05, 0) is 49.2 Å². The van der Waals surface area contributed by atoms with Crippen molar-refractivity contribution in [3.05, 3.63) is 75.5 Å². The highest BCUT2D eigenvalue weighted by molar-refractivity contribution is 6.03. The quantitative estimate of drug-likeness (QED) is 0.496. The van der Waals surface area contributed by atoms with Crippen LogP contribution in [0.15, 0.2) is 47.4 Å². The van der Waals surface area contributed by atoms with Gasteiger partial charge in [-0.2, -0.15) is 13.2 Å². The number of alkyl halides is 3. The van der Waals surface area contributed by atoms with E-state index in [4.69, 9.17) is 0 Å². The fourth-order valence-corrected chi connectivity index (χ4v) is 4.59. The number of anilines is 1. The van der Waals surface area contributed by atoms with Crippen LogP contribution in [0, 0.1) is 12.7 Å². The SMILES string of the molecule is Cc1ccc2c(=O)n([C@H](C)CN3CCNCC3)ccc2c1NC(=O)Cc1ccc(C(F)(F)F)c(F)c1. The lowest BCUT2D eigenvalue weighted by Gasteiger charge is -2.30. The molecular weight excluding hydrogens is 476 g/mol. The third kappa shape index (κ3) is 5.60. The molecule has 2 N–H and O–H groups in total. The van der Waals surface area contributed by atoms with E-state index in [1.54, 1.807) is 35.9 Å². The van der Waals surface area contributed by atoms with Gasteiger partial charge in [-0.3, -0.25) is 14.5 Å². The summed E-state index contributed by atoms with van der Waals surface area (Å²) in [5, 5.41) is 7.09. The van der Waals surface area contributed by atoms with Crippen molar-refractivity contribution in [2.45, 2.75) is 32.5 Å². The van der Waals surface area contributed by atoms with Crippen LogP contribution in [-0.4, -0.2) is 48.1 Å². The number of amides is 1. The van der Waals surface area contributed by atoms with Crippen molar-refractivity contribution in [1.29, 1.82) is 0 Å². The summed E-state index contributed by atoms with van der Waals surface area (Å²) in [6.45, 7) is 8.20. The second-order valence-electron chi connectivity index (χ2n) is 9.18. The van der Waals surface area contributed by atoms with Crippen LogP contribution >= 0.6 is 0 Å². The topological polar surface area (TPSA) is 66.4 Å². The Morgan fingerprint density at radius 3 is 2.50 bits per heavy atom. The van der Waals surface area contributed by atoms with E-state index in [9.17, 15) is 27.2 Å². The van der Waals surface area contributed by atoms with E-state index in [0.29, 0.717) is 22.5 Å². The summed E-state index contributed by atoms with van der Waals surface area (Å²) in [4.78, 5) is 28.3. The molecular formula is C26H28F4N4O2. The van der Waals surface area contributed by atoms with Gasteiger partial charge < -0.3 is 15.2 Å². The van der Waals surface area contributed by atoms with Crippen LogP contribution in [0.5, 0.6) is 0 Å². The minimum absolute atomic E-state index is 0.0473. The maximum Gasteiger partial charge on any atom is 0.419 e. The zero-order chi connectivity index (χ0) is 26.0. The molecule has 0 bridgehead atoms. The Labute approximate surface area is 205 Å². The Morgan fingerprint density at radius 2 is 1.83 bits per heavy atom. The number of nitrogens with zero attached hydrogens (tertiary/aromatic N) is 2. The van der Waals surface area contributed by atoms with Gasteiger partial charge in [0.1, 0.15) is 5.82 Å². The first-order valence-corrected chi connectivity index (χ1v) is 11.8. The number of hydrogen-bond donors (Lipinski definition) is 2. The van der Waals surface area contributed by atoms with Gasteiger partial charge in [0.25, 0.3) is 5.56 Å². The zero-order valence-corrected chi connectivity index (χ0v) is 20.1. The van der Waals surface area contributed by atoms with Crippen molar-refractivity contribution in [2.24, 2.45) is 0 Å². The fraction of sp³-hybridized carbons (Fsp3) is 0.385. The van der Waals surface area contributed by atoms with E-state index in [1.807, 2.05) is 6.92 Å². The molecule has 2 heterocycles. The first-order chi connectivity index (χ1) is 17.0. The Bertz CT molecular complexity index is 1330. The number of aromatic nitrogens is 1. The molecule has 0 spiro atoms. The average molecular weight is 505 g/mol. The Balaban J connectivity index is 1.55. The standard InChI is InChI=1S/C26H28F4N4O2/c1-16-3-5-20-19(7-10-34(25(20)36)17(2)15-33-11-8-31-9-12-33)24(16)32-23(35)14-18-4-6-21(22(27)13-18)26(28,29)30/h3-7,10,13,17,31H,8-9,11-12,14-15H2,1-2H3,(H,32,35)/t17-/m1/s1. The van der Waals surface area contributed by atoms with Gasteiger partial charge in [0.05, 0.1) is 17.7 Å². The number of carbonyl (C=O) groups excluding carboxylic acids is 1. The molecule has 1 atom stereocenters. The van der Waals surface area contributed by atoms with Crippen LogP contribution in [0.4, 0.5) is 23.2 Å². The summed E-state index contributed by atoms with van der Waals surface area (Å²) in [6, 6.07) is 7.63. The van der Waals surface area contributed by atoms with Gasteiger partial charge in [-0.1, -0.05) is 12.1 Å². The predicted octanol–water partition coefficient (Wildman–Crippen LogP) is 4.12. The van der Waals surface area contributed by atoms with Crippen LogP contribution in [-0.2, 0) is 17.4 Å². The van der Waals surface area contributed by atoms with Crippen molar-refractivity contribution in [1.82, 2.24) is 14.8 Å². The molecule has 1 fully saturated rings. The largest absolute Gasteiger partial charge is 0.419 e. The number of carbonyl (C=O) groups is 1. The van der Waals surface area contributed by atoms with Crippen LogP contribution in [0.1, 0.15) is 29.7 Å². The lowest BCUT2D eigenvalue weighted by atomic mass is 10.0. The first kappa shape index (κ1) is 25.8. The molecule has 0 aliphatic carbocycles. The van der Waals surface area contributed by atoms with Crippen LogP contribution in [0.3, 0.4) is 0 Å². The second-order valence-corrected chi connectivity index (χ2v) is 9.18. The Kier molecular flexibility index (Phi) is 7.46. The van der Waals surface area contributed by atoms with Gasteiger partial charge in [0, 0.05) is 55.7 Å². The van der Waals surface area contributed by atoms with Crippen LogP contribution in [0.2, 0.25) is 0 Å². The molecule has 0 saturated carbocycles. The number of benzene rings is 2. The second kappa shape index (κ2) is 10.4. The lowest BCUT2D eigenvalue weighted by molar-refractivity contribution is -0.140. The Hall–Kier alpha value is -3.24. The molecule has 1 aromatic heterocycles. The highest BCUT2D eigenvalue weighted by atomic mass is 19.4. The summed E-state index contributed by atoms with van der Waals surface area (Å²) >= 11 is 0. The van der Waals surface area contributed by atoms with Crippen molar-refractivity contribution in [3.8, 4) is 0 Å². The number of halogens is 4. The number of nitrogens with one attached hydrogen (secondary N) is 2. The average Bonchev–Trinajstić information content (AvgIpc) is 2.81. The van der Waals surface area contributed by atoms with Gasteiger partial charge in [0.15, 0.2) is 0 Å². The highest BCUT2D eigenvalue weighted by Crippen LogP contribution is 2.32. The third-order valence-corrected chi connectivity index (χ3v) is 6.50. The molecule has 1 amide bonds. The summed E-state index contributed by atoms with van der Waals surface area (Å²) in [6.07, 6.45) is -3.40. The number of piperazine rings is 1. The molecule has 3 aromatic rings.